The molecule has 2 rings (SSSR count). The molecule has 0 fully saturated rings. The topological polar surface area (TPSA) is 9.23 Å². The summed E-state index contributed by atoms with van der Waals surface area (Å²) in [5.74, 6) is -0.225. The van der Waals surface area contributed by atoms with Gasteiger partial charge in [-0.15, -0.1) is 13.2 Å². The quantitative estimate of drug-likeness (QED) is 0.736. The standard InChI is InChI=1S/C14H10ClF3O/c1-9-8-10(6-7-12(9)15)11-4-2-3-5-13(11)19-14(16,17)18/h2-8H,1H3. The van der Waals surface area contributed by atoms with E-state index < -0.39 is 6.36 Å². The number of alkyl halides is 3. The number of halogens is 4. The maximum Gasteiger partial charge on any atom is 0.573 e. The van der Waals surface area contributed by atoms with Gasteiger partial charge in [-0.3, -0.25) is 0 Å². The SMILES string of the molecule is Cc1cc(-c2ccccc2OC(F)(F)F)ccc1Cl. The van der Waals surface area contributed by atoms with Crippen molar-refractivity contribution in [2.45, 2.75) is 13.3 Å². The summed E-state index contributed by atoms with van der Waals surface area (Å²) in [5, 5.41) is 0.568. The fourth-order valence-corrected chi connectivity index (χ4v) is 1.85. The molecule has 19 heavy (non-hydrogen) atoms. The molecule has 5 heteroatoms. The van der Waals surface area contributed by atoms with E-state index in [-0.39, 0.29) is 5.75 Å². The Kier molecular flexibility index (Phi) is 3.71. The van der Waals surface area contributed by atoms with E-state index in [2.05, 4.69) is 4.74 Å². The van der Waals surface area contributed by atoms with Crippen LogP contribution in [0.3, 0.4) is 0 Å². The van der Waals surface area contributed by atoms with Crippen LogP contribution in [-0.2, 0) is 0 Å². The van der Waals surface area contributed by atoms with E-state index in [1.807, 2.05) is 0 Å². The third-order valence-corrected chi connectivity index (χ3v) is 3.01. The second-order valence-corrected chi connectivity index (χ2v) is 4.42. The molecule has 2 aromatic rings. The summed E-state index contributed by atoms with van der Waals surface area (Å²) in [6.07, 6.45) is -4.71. The number of aryl methyl sites for hydroxylation is 1. The minimum absolute atomic E-state index is 0.225. The van der Waals surface area contributed by atoms with Gasteiger partial charge in [0.05, 0.1) is 0 Å². The molecule has 0 aliphatic carbocycles. The molecule has 2 aromatic carbocycles. The molecular weight excluding hydrogens is 277 g/mol. The van der Waals surface area contributed by atoms with Crippen molar-refractivity contribution < 1.29 is 17.9 Å². The van der Waals surface area contributed by atoms with Gasteiger partial charge in [-0.1, -0.05) is 35.9 Å². The van der Waals surface area contributed by atoms with Crippen molar-refractivity contribution in [3.63, 3.8) is 0 Å². The van der Waals surface area contributed by atoms with Crippen molar-refractivity contribution in [3.05, 3.63) is 53.1 Å². The molecule has 0 radical (unpaired) electrons. The number of hydrogen-bond acceptors (Lipinski definition) is 1. The maximum atomic E-state index is 12.3. The first-order valence-corrected chi connectivity index (χ1v) is 5.86. The Bertz CT molecular complexity index is 593. The van der Waals surface area contributed by atoms with Gasteiger partial charge < -0.3 is 4.74 Å². The van der Waals surface area contributed by atoms with Crippen LogP contribution in [0.5, 0.6) is 5.75 Å². The summed E-state index contributed by atoms with van der Waals surface area (Å²) in [6.45, 7) is 1.79. The first-order chi connectivity index (χ1) is 8.87. The Hall–Kier alpha value is -1.68. The molecule has 0 amide bonds. The second kappa shape index (κ2) is 5.13. The van der Waals surface area contributed by atoms with Gasteiger partial charge in [0, 0.05) is 10.6 Å². The molecule has 0 N–H and O–H groups in total. The molecular formula is C14H10ClF3O. The van der Waals surface area contributed by atoms with Crippen LogP contribution in [-0.4, -0.2) is 6.36 Å². The first-order valence-electron chi connectivity index (χ1n) is 5.48. The fraction of sp³-hybridized carbons (Fsp3) is 0.143. The summed E-state index contributed by atoms with van der Waals surface area (Å²) < 4.78 is 41.0. The van der Waals surface area contributed by atoms with Gasteiger partial charge >= 0.3 is 6.36 Å². The number of rotatable bonds is 2. The monoisotopic (exact) mass is 286 g/mol. The zero-order chi connectivity index (χ0) is 14.0. The third-order valence-electron chi connectivity index (χ3n) is 2.58. The Morgan fingerprint density at radius 2 is 1.74 bits per heavy atom. The van der Waals surface area contributed by atoms with E-state index in [1.54, 1.807) is 37.3 Å². The van der Waals surface area contributed by atoms with E-state index in [9.17, 15) is 13.2 Å². The van der Waals surface area contributed by atoms with E-state index >= 15 is 0 Å². The summed E-state index contributed by atoms with van der Waals surface area (Å²) in [4.78, 5) is 0. The molecule has 100 valence electrons. The van der Waals surface area contributed by atoms with Gasteiger partial charge in [0.15, 0.2) is 0 Å². The molecule has 0 saturated heterocycles. The van der Waals surface area contributed by atoms with E-state index in [0.29, 0.717) is 16.1 Å². The van der Waals surface area contributed by atoms with Gasteiger partial charge in [0.2, 0.25) is 0 Å². The Labute approximate surface area is 113 Å². The average molecular weight is 287 g/mol. The van der Waals surface area contributed by atoms with Gasteiger partial charge in [-0.05, 0) is 36.2 Å². The number of benzene rings is 2. The Morgan fingerprint density at radius 3 is 2.37 bits per heavy atom. The van der Waals surface area contributed by atoms with Crippen molar-refractivity contribution in [1.82, 2.24) is 0 Å². The maximum absolute atomic E-state index is 12.3. The van der Waals surface area contributed by atoms with Crippen LogP contribution >= 0.6 is 11.6 Å². The molecule has 0 unspecified atom stereocenters. The fourth-order valence-electron chi connectivity index (χ4n) is 1.73. The lowest BCUT2D eigenvalue weighted by Gasteiger charge is -2.13. The van der Waals surface area contributed by atoms with Gasteiger partial charge in [0.25, 0.3) is 0 Å². The van der Waals surface area contributed by atoms with Crippen LogP contribution in [0.1, 0.15) is 5.56 Å². The molecule has 1 nitrogen and oxygen atoms in total. The van der Waals surface area contributed by atoms with Crippen molar-refractivity contribution >= 4 is 11.6 Å². The zero-order valence-electron chi connectivity index (χ0n) is 9.96. The molecule has 0 atom stereocenters. The number of hydrogen-bond donors (Lipinski definition) is 0. The average Bonchev–Trinajstić information content (AvgIpc) is 2.31. The Morgan fingerprint density at radius 1 is 1.05 bits per heavy atom. The summed E-state index contributed by atoms with van der Waals surface area (Å²) in [6, 6.07) is 11.0. The minimum atomic E-state index is -4.71. The van der Waals surface area contributed by atoms with Crippen LogP contribution in [0.2, 0.25) is 5.02 Å². The summed E-state index contributed by atoms with van der Waals surface area (Å²) in [5.41, 5.74) is 1.79. The van der Waals surface area contributed by atoms with Crippen LogP contribution < -0.4 is 4.74 Å². The highest BCUT2D eigenvalue weighted by molar-refractivity contribution is 6.31. The van der Waals surface area contributed by atoms with Crippen LogP contribution in [0.4, 0.5) is 13.2 Å². The second-order valence-electron chi connectivity index (χ2n) is 4.01. The zero-order valence-corrected chi connectivity index (χ0v) is 10.7. The molecule has 0 aromatic heterocycles. The van der Waals surface area contributed by atoms with Crippen LogP contribution in [0.25, 0.3) is 11.1 Å². The molecule has 0 saturated carbocycles. The van der Waals surface area contributed by atoms with Gasteiger partial charge in [-0.25, -0.2) is 0 Å². The normalized spacial score (nSPS) is 11.4. The largest absolute Gasteiger partial charge is 0.573 e. The van der Waals surface area contributed by atoms with Crippen molar-refractivity contribution in [3.8, 4) is 16.9 Å². The van der Waals surface area contributed by atoms with Crippen molar-refractivity contribution in [1.29, 1.82) is 0 Å². The van der Waals surface area contributed by atoms with Crippen LogP contribution in [0, 0.1) is 6.92 Å². The van der Waals surface area contributed by atoms with Crippen molar-refractivity contribution in [2.75, 3.05) is 0 Å². The molecule has 0 aliphatic rings. The minimum Gasteiger partial charge on any atom is -0.405 e. The highest BCUT2D eigenvalue weighted by atomic mass is 35.5. The van der Waals surface area contributed by atoms with E-state index in [0.717, 1.165) is 5.56 Å². The lowest BCUT2D eigenvalue weighted by atomic mass is 10.0. The Balaban J connectivity index is 2.47. The van der Waals surface area contributed by atoms with E-state index in [1.165, 1.54) is 12.1 Å². The van der Waals surface area contributed by atoms with Crippen molar-refractivity contribution in [2.24, 2.45) is 0 Å². The molecule has 0 heterocycles. The molecule has 0 bridgehead atoms. The highest BCUT2D eigenvalue weighted by Crippen LogP contribution is 2.34. The predicted octanol–water partition coefficient (Wildman–Crippen LogP) is 5.21. The smallest absolute Gasteiger partial charge is 0.405 e. The molecule has 0 aliphatic heterocycles. The van der Waals surface area contributed by atoms with Gasteiger partial charge in [0.1, 0.15) is 5.75 Å². The first kappa shape index (κ1) is 13.7. The lowest BCUT2D eigenvalue weighted by Crippen LogP contribution is -2.17. The summed E-state index contributed by atoms with van der Waals surface area (Å²) in [7, 11) is 0. The third kappa shape index (κ3) is 3.41. The van der Waals surface area contributed by atoms with Crippen LogP contribution in [0.15, 0.2) is 42.5 Å². The summed E-state index contributed by atoms with van der Waals surface area (Å²) >= 11 is 5.90. The predicted molar refractivity (Wildman–Crippen MR) is 68.3 cm³/mol. The lowest BCUT2D eigenvalue weighted by molar-refractivity contribution is -0.274. The number of ether oxygens (including phenoxy) is 1. The number of para-hydroxylation sites is 1. The van der Waals surface area contributed by atoms with E-state index in [4.69, 9.17) is 11.6 Å². The van der Waals surface area contributed by atoms with Gasteiger partial charge in [-0.2, -0.15) is 0 Å². The molecule has 0 spiro atoms. The highest BCUT2D eigenvalue weighted by Gasteiger charge is 2.32.